The molecule has 1 aliphatic carbocycles. The Morgan fingerprint density at radius 1 is 1.13 bits per heavy atom. The second-order valence-electron chi connectivity index (χ2n) is 7.87. The molecule has 0 spiro atoms. The molecule has 3 rings (SSSR count). The minimum atomic E-state index is -1.06. The van der Waals surface area contributed by atoms with Gasteiger partial charge in [-0.1, -0.05) is 50.3 Å². The van der Waals surface area contributed by atoms with E-state index in [0.717, 1.165) is 0 Å². The molecule has 2 aromatic carbocycles. The zero-order chi connectivity index (χ0) is 22.4. The van der Waals surface area contributed by atoms with Gasteiger partial charge in [0.25, 0.3) is 0 Å². The average Bonchev–Trinajstić information content (AvgIpc) is 3.32. The fraction of sp³-hybridized carbons (Fsp3) is 0.320. The molecule has 3 atom stereocenters. The van der Waals surface area contributed by atoms with Gasteiger partial charge in [0.05, 0.1) is 12.5 Å². The number of hydrogen-bond acceptors (Lipinski definition) is 6. The number of allylic oxidation sites excluding steroid dienone is 1. The molecule has 1 fully saturated rings. The molecular formula is C25H25NO5. The minimum Gasteiger partial charge on any atom is -0.463 e. The van der Waals surface area contributed by atoms with Crippen molar-refractivity contribution in [2.75, 3.05) is 6.61 Å². The van der Waals surface area contributed by atoms with E-state index in [1.165, 1.54) is 6.08 Å². The molecule has 2 aromatic rings. The highest BCUT2D eigenvalue weighted by atomic mass is 16.5. The lowest BCUT2D eigenvalue weighted by molar-refractivity contribution is -0.149. The van der Waals surface area contributed by atoms with Crippen LogP contribution in [0.5, 0.6) is 11.5 Å². The van der Waals surface area contributed by atoms with Crippen LogP contribution in [0.25, 0.3) is 0 Å². The molecule has 0 N–H and O–H groups in total. The first-order valence-electron chi connectivity index (χ1n) is 10.1. The Morgan fingerprint density at radius 2 is 1.84 bits per heavy atom. The van der Waals surface area contributed by atoms with Crippen LogP contribution in [0, 0.1) is 28.6 Å². The first-order chi connectivity index (χ1) is 14.9. The van der Waals surface area contributed by atoms with Crippen LogP contribution in [0.3, 0.4) is 0 Å². The van der Waals surface area contributed by atoms with Crippen molar-refractivity contribution in [2.45, 2.75) is 26.9 Å². The summed E-state index contributed by atoms with van der Waals surface area (Å²) in [6.07, 6.45) is 1.97. The van der Waals surface area contributed by atoms with Crippen molar-refractivity contribution in [3.8, 4) is 17.6 Å². The molecule has 160 valence electrons. The first kappa shape index (κ1) is 22.1. The van der Waals surface area contributed by atoms with Crippen LogP contribution in [-0.2, 0) is 19.1 Å². The van der Waals surface area contributed by atoms with E-state index in [1.807, 2.05) is 50.2 Å². The van der Waals surface area contributed by atoms with E-state index in [9.17, 15) is 14.9 Å². The van der Waals surface area contributed by atoms with E-state index in [-0.39, 0.29) is 11.3 Å². The van der Waals surface area contributed by atoms with Gasteiger partial charge >= 0.3 is 11.9 Å². The molecule has 0 radical (unpaired) electrons. The third kappa shape index (κ3) is 5.32. The van der Waals surface area contributed by atoms with Crippen LogP contribution in [0.4, 0.5) is 0 Å². The molecule has 0 aliphatic heterocycles. The highest BCUT2D eigenvalue weighted by Gasteiger charge is 2.61. The number of ether oxygens (including phenoxy) is 3. The Kier molecular flexibility index (Phi) is 6.76. The molecule has 0 aromatic heterocycles. The Labute approximate surface area is 182 Å². The number of nitriles is 1. The van der Waals surface area contributed by atoms with E-state index >= 15 is 0 Å². The molecular weight excluding hydrogens is 394 g/mol. The molecule has 0 unspecified atom stereocenters. The number of benzene rings is 2. The lowest BCUT2D eigenvalue weighted by Gasteiger charge is -2.13. The maximum absolute atomic E-state index is 12.8. The second-order valence-corrected chi connectivity index (χ2v) is 7.87. The zero-order valence-electron chi connectivity index (χ0n) is 17.8. The molecule has 6 nitrogen and oxygen atoms in total. The number of carbonyl (C=O) groups excluding carboxylic acids is 2. The summed E-state index contributed by atoms with van der Waals surface area (Å²) >= 11 is 0. The van der Waals surface area contributed by atoms with Crippen molar-refractivity contribution in [3.05, 3.63) is 72.3 Å². The summed E-state index contributed by atoms with van der Waals surface area (Å²) < 4.78 is 16.2. The second kappa shape index (κ2) is 9.48. The lowest BCUT2D eigenvalue weighted by Crippen LogP contribution is -2.14. The Morgan fingerprint density at radius 3 is 2.52 bits per heavy atom. The monoisotopic (exact) mass is 419 g/mol. The molecule has 0 heterocycles. The molecule has 0 saturated heterocycles. The standard InChI is InChI=1S/C25H25NO5/c1-4-29-22(27)14-13-20-23(25(20,2)3)24(28)31-21(16-26)17-9-8-12-19(15-17)30-18-10-6-5-7-11-18/h5-15,20-21,23H,4H2,1-3H3/t20-,21-,23-/m0/s1. The average molecular weight is 419 g/mol. The van der Waals surface area contributed by atoms with Crippen molar-refractivity contribution < 1.29 is 23.8 Å². The predicted molar refractivity (Wildman–Crippen MR) is 114 cm³/mol. The van der Waals surface area contributed by atoms with Crippen molar-refractivity contribution >= 4 is 11.9 Å². The van der Waals surface area contributed by atoms with Crippen LogP contribution < -0.4 is 4.74 Å². The molecule has 0 bridgehead atoms. The van der Waals surface area contributed by atoms with Gasteiger partial charge in [-0.2, -0.15) is 5.26 Å². The van der Waals surface area contributed by atoms with Crippen LogP contribution in [0.2, 0.25) is 0 Å². The van der Waals surface area contributed by atoms with Gasteiger partial charge in [-0.3, -0.25) is 4.79 Å². The molecule has 31 heavy (non-hydrogen) atoms. The van der Waals surface area contributed by atoms with Gasteiger partial charge in [-0.15, -0.1) is 0 Å². The van der Waals surface area contributed by atoms with Crippen molar-refractivity contribution in [1.82, 2.24) is 0 Å². The van der Waals surface area contributed by atoms with E-state index in [0.29, 0.717) is 23.7 Å². The van der Waals surface area contributed by atoms with Gasteiger partial charge in [0.1, 0.15) is 17.6 Å². The Balaban J connectivity index is 1.67. The topological polar surface area (TPSA) is 85.6 Å². The van der Waals surface area contributed by atoms with E-state index in [1.54, 1.807) is 37.3 Å². The number of esters is 2. The first-order valence-corrected chi connectivity index (χ1v) is 10.1. The van der Waals surface area contributed by atoms with Gasteiger partial charge < -0.3 is 14.2 Å². The fourth-order valence-corrected chi connectivity index (χ4v) is 3.58. The van der Waals surface area contributed by atoms with Gasteiger partial charge in [0.2, 0.25) is 6.10 Å². The Hall–Kier alpha value is -3.59. The van der Waals surface area contributed by atoms with Crippen LogP contribution >= 0.6 is 0 Å². The maximum atomic E-state index is 12.8. The van der Waals surface area contributed by atoms with Gasteiger partial charge in [0, 0.05) is 11.6 Å². The van der Waals surface area contributed by atoms with Gasteiger partial charge in [-0.25, -0.2) is 4.79 Å². The SMILES string of the molecule is CCOC(=O)C=C[C@H]1[C@@H](C(=O)O[C@@H](C#N)c2cccc(Oc3ccccc3)c2)C1(C)C. The molecule has 1 aliphatic rings. The lowest BCUT2D eigenvalue weighted by atomic mass is 10.1. The van der Waals surface area contributed by atoms with Gasteiger partial charge in [-0.05, 0) is 42.5 Å². The third-order valence-corrected chi connectivity index (χ3v) is 5.38. The van der Waals surface area contributed by atoms with E-state index < -0.39 is 24.0 Å². The van der Waals surface area contributed by atoms with Crippen molar-refractivity contribution in [1.29, 1.82) is 5.26 Å². The number of nitrogens with zero attached hydrogens (tertiary/aromatic N) is 1. The van der Waals surface area contributed by atoms with Crippen molar-refractivity contribution in [3.63, 3.8) is 0 Å². The van der Waals surface area contributed by atoms with E-state index in [4.69, 9.17) is 14.2 Å². The number of carbonyl (C=O) groups is 2. The number of rotatable bonds is 8. The summed E-state index contributed by atoms with van der Waals surface area (Å²) in [4.78, 5) is 24.3. The highest BCUT2D eigenvalue weighted by Crippen LogP contribution is 2.59. The summed E-state index contributed by atoms with van der Waals surface area (Å²) in [6.45, 7) is 5.87. The summed E-state index contributed by atoms with van der Waals surface area (Å²) in [6, 6.07) is 18.2. The number of para-hydroxylation sites is 1. The van der Waals surface area contributed by atoms with E-state index in [2.05, 4.69) is 0 Å². The van der Waals surface area contributed by atoms with Crippen LogP contribution in [-0.4, -0.2) is 18.5 Å². The number of hydrogen-bond donors (Lipinski definition) is 0. The maximum Gasteiger partial charge on any atom is 0.330 e. The molecule has 0 amide bonds. The normalized spacial score (nSPS) is 19.8. The highest BCUT2D eigenvalue weighted by molar-refractivity contribution is 5.83. The predicted octanol–water partition coefficient (Wildman–Crippen LogP) is 4.98. The quantitative estimate of drug-likeness (QED) is 0.443. The smallest absolute Gasteiger partial charge is 0.330 e. The third-order valence-electron chi connectivity index (χ3n) is 5.38. The molecule has 6 heteroatoms. The largest absolute Gasteiger partial charge is 0.463 e. The summed E-state index contributed by atoms with van der Waals surface area (Å²) in [5.41, 5.74) is 0.166. The van der Waals surface area contributed by atoms with Crippen molar-refractivity contribution in [2.24, 2.45) is 17.3 Å². The minimum absolute atomic E-state index is 0.156. The fourth-order valence-electron chi connectivity index (χ4n) is 3.58. The molecule has 1 saturated carbocycles. The van der Waals surface area contributed by atoms with Crippen LogP contribution in [0.1, 0.15) is 32.4 Å². The summed E-state index contributed by atoms with van der Waals surface area (Å²) in [7, 11) is 0. The van der Waals surface area contributed by atoms with Crippen LogP contribution in [0.15, 0.2) is 66.7 Å². The van der Waals surface area contributed by atoms with Gasteiger partial charge in [0.15, 0.2) is 0 Å². The Bertz CT molecular complexity index is 1010. The summed E-state index contributed by atoms with van der Waals surface area (Å²) in [5.74, 6) is -0.288. The summed E-state index contributed by atoms with van der Waals surface area (Å²) in [5, 5.41) is 9.60. The zero-order valence-corrected chi connectivity index (χ0v) is 17.8.